The molecule has 5 aromatic rings. The fourth-order valence-electron chi connectivity index (χ4n) is 4.19. The quantitative estimate of drug-likeness (QED) is 0.356. The first kappa shape index (κ1) is 20.0. The summed E-state index contributed by atoms with van der Waals surface area (Å²) in [6.45, 7) is 3.32. The van der Waals surface area contributed by atoms with Gasteiger partial charge in [0.2, 0.25) is 0 Å². The lowest BCUT2D eigenvalue weighted by atomic mass is 10.1. The Hall–Kier alpha value is -3.61. The lowest BCUT2D eigenvalue weighted by Gasteiger charge is -2.28. The monoisotopic (exact) mass is 456 g/mol. The van der Waals surface area contributed by atoms with Gasteiger partial charge in [0, 0.05) is 29.7 Å². The first-order valence-corrected chi connectivity index (χ1v) is 11.3. The first-order valence-electron chi connectivity index (χ1n) is 10.9. The molecule has 6 rings (SSSR count). The number of morpholine rings is 1. The summed E-state index contributed by atoms with van der Waals surface area (Å²) >= 11 is 6.60. The Labute approximate surface area is 195 Å². The van der Waals surface area contributed by atoms with Crippen LogP contribution < -0.4 is 9.64 Å². The number of benzene rings is 3. The number of imidazole rings is 1. The number of nitrogens with zero attached hydrogens (tertiary/aromatic N) is 3. The fourth-order valence-corrected chi connectivity index (χ4v) is 4.45. The Kier molecular flexibility index (Phi) is 5.09. The van der Waals surface area contributed by atoms with Crippen molar-refractivity contribution in [2.75, 3.05) is 31.2 Å². The van der Waals surface area contributed by atoms with Crippen LogP contribution in [0.25, 0.3) is 33.2 Å². The normalized spacial score (nSPS) is 14.2. The van der Waals surface area contributed by atoms with Crippen LogP contribution in [0.15, 0.2) is 72.8 Å². The van der Waals surface area contributed by atoms with Gasteiger partial charge in [-0.3, -0.25) is 0 Å². The van der Waals surface area contributed by atoms with Gasteiger partial charge >= 0.3 is 6.01 Å². The van der Waals surface area contributed by atoms with Crippen LogP contribution in [0.3, 0.4) is 0 Å². The van der Waals surface area contributed by atoms with Crippen LogP contribution in [0.1, 0.15) is 0 Å². The minimum absolute atomic E-state index is 0.379. The standard InChI is InChI=1S/C26H21ClN4O2/c27-21-16-22-25(29-24(21)18-8-10-19(11-9-18)31-12-14-32-15-13-31)30-26(28-22)33-23-7-3-5-17-4-1-2-6-20(17)23/h1-11,16H,12-15H2,(H,28,29,30). The zero-order chi connectivity index (χ0) is 22.2. The number of aromatic nitrogens is 3. The number of hydrogen-bond acceptors (Lipinski definition) is 5. The highest BCUT2D eigenvalue weighted by atomic mass is 35.5. The number of anilines is 1. The molecule has 1 fully saturated rings. The summed E-state index contributed by atoms with van der Waals surface area (Å²) in [5.41, 5.74) is 4.09. The smallest absolute Gasteiger partial charge is 0.301 e. The third-order valence-electron chi connectivity index (χ3n) is 5.88. The van der Waals surface area contributed by atoms with Gasteiger partial charge in [-0.1, -0.05) is 60.1 Å². The summed E-state index contributed by atoms with van der Waals surface area (Å²) in [6.07, 6.45) is 0. The lowest BCUT2D eigenvalue weighted by Crippen LogP contribution is -2.36. The van der Waals surface area contributed by atoms with E-state index in [0.717, 1.165) is 53.9 Å². The second-order valence-electron chi connectivity index (χ2n) is 7.96. The summed E-state index contributed by atoms with van der Waals surface area (Å²) in [7, 11) is 0. The maximum Gasteiger partial charge on any atom is 0.301 e. The molecule has 1 aliphatic rings. The van der Waals surface area contributed by atoms with Gasteiger partial charge < -0.3 is 19.4 Å². The molecule has 0 atom stereocenters. The second kappa shape index (κ2) is 8.39. The van der Waals surface area contributed by atoms with Crippen LogP contribution in [0.4, 0.5) is 5.69 Å². The topological polar surface area (TPSA) is 63.3 Å². The molecule has 1 saturated heterocycles. The Morgan fingerprint density at radius 1 is 0.909 bits per heavy atom. The van der Waals surface area contributed by atoms with Crippen molar-refractivity contribution in [1.82, 2.24) is 15.0 Å². The van der Waals surface area contributed by atoms with Gasteiger partial charge in [0.25, 0.3) is 0 Å². The number of nitrogens with one attached hydrogen (secondary N) is 1. The maximum absolute atomic E-state index is 6.60. The van der Waals surface area contributed by atoms with Crippen molar-refractivity contribution in [3.63, 3.8) is 0 Å². The Morgan fingerprint density at radius 2 is 1.70 bits per heavy atom. The molecule has 1 aliphatic heterocycles. The molecule has 1 N–H and O–H groups in total. The highest BCUT2D eigenvalue weighted by Crippen LogP contribution is 2.33. The Balaban J connectivity index is 1.31. The molecule has 7 heteroatoms. The van der Waals surface area contributed by atoms with Crippen molar-refractivity contribution in [1.29, 1.82) is 0 Å². The molecule has 0 aliphatic carbocycles. The van der Waals surface area contributed by atoms with Crippen LogP contribution in [-0.2, 0) is 4.74 Å². The van der Waals surface area contributed by atoms with Crippen molar-refractivity contribution in [3.8, 4) is 23.0 Å². The number of H-pyrrole nitrogens is 1. The number of hydrogen-bond donors (Lipinski definition) is 1. The van der Waals surface area contributed by atoms with Gasteiger partial charge in [0.05, 0.1) is 29.4 Å². The van der Waals surface area contributed by atoms with E-state index in [2.05, 4.69) is 39.1 Å². The zero-order valence-electron chi connectivity index (χ0n) is 17.8. The summed E-state index contributed by atoms with van der Waals surface area (Å²) < 4.78 is 11.5. The van der Waals surface area contributed by atoms with E-state index in [4.69, 9.17) is 26.1 Å². The first-order chi connectivity index (χ1) is 16.2. The number of aromatic amines is 1. The summed E-state index contributed by atoms with van der Waals surface area (Å²) in [4.78, 5) is 14.8. The van der Waals surface area contributed by atoms with Gasteiger partial charge in [0.1, 0.15) is 5.75 Å². The van der Waals surface area contributed by atoms with E-state index in [-0.39, 0.29) is 0 Å². The van der Waals surface area contributed by atoms with Crippen molar-refractivity contribution >= 4 is 39.2 Å². The summed E-state index contributed by atoms with van der Waals surface area (Å²) in [5.74, 6) is 0.733. The van der Waals surface area contributed by atoms with Crippen LogP contribution in [0, 0.1) is 0 Å². The molecule has 3 aromatic carbocycles. The average molecular weight is 457 g/mol. The minimum atomic E-state index is 0.379. The highest BCUT2D eigenvalue weighted by Gasteiger charge is 2.15. The van der Waals surface area contributed by atoms with Gasteiger partial charge in [-0.2, -0.15) is 4.98 Å². The van der Waals surface area contributed by atoms with Crippen molar-refractivity contribution in [2.45, 2.75) is 0 Å². The van der Waals surface area contributed by atoms with Gasteiger partial charge in [-0.05, 0) is 29.7 Å². The van der Waals surface area contributed by atoms with E-state index in [1.54, 1.807) is 0 Å². The SMILES string of the molecule is Clc1cc2[nH]c(Oc3cccc4ccccc34)nc2nc1-c1ccc(N2CCOCC2)cc1. The van der Waals surface area contributed by atoms with Gasteiger partial charge in [-0.25, -0.2) is 4.98 Å². The van der Waals surface area contributed by atoms with E-state index < -0.39 is 0 Å². The molecule has 6 nitrogen and oxygen atoms in total. The molecule has 0 saturated carbocycles. The van der Waals surface area contributed by atoms with Gasteiger partial charge in [0.15, 0.2) is 5.65 Å². The molecule has 164 valence electrons. The number of rotatable bonds is 4. The predicted molar refractivity (Wildman–Crippen MR) is 131 cm³/mol. The molecule has 2 aromatic heterocycles. The number of fused-ring (bicyclic) bond motifs is 2. The largest absolute Gasteiger partial charge is 0.425 e. The Bertz CT molecular complexity index is 1440. The third kappa shape index (κ3) is 3.88. The van der Waals surface area contributed by atoms with Crippen molar-refractivity contribution in [2.24, 2.45) is 0 Å². The van der Waals surface area contributed by atoms with E-state index in [9.17, 15) is 0 Å². The molecule has 0 spiro atoms. The van der Waals surface area contributed by atoms with E-state index in [0.29, 0.717) is 22.4 Å². The second-order valence-corrected chi connectivity index (χ2v) is 8.36. The molecule has 3 heterocycles. The molecule has 33 heavy (non-hydrogen) atoms. The van der Waals surface area contributed by atoms with Gasteiger partial charge in [-0.15, -0.1) is 0 Å². The van der Waals surface area contributed by atoms with Crippen molar-refractivity contribution < 1.29 is 9.47 Å². The number of ether oxygens (including phenoxy) is 2. The van der Waals surface area contributed by atoms with E-state index in [1.165, 1.54) is 5.69 Å². The third-order valence-corrected chi connectivity index (χ3v) is 6.17. The average Bonchev–Trinajstić information content (AvgIpc) is 3.25. The highest BCUT2D eigenvalue weighted by molar-refractivity contribution is 6.33. The predicted octanol–water partition coefficient (Wildman–Crippen LogP) is 6.06. The fraction of sp³-hybridized carbons (Fsp3) is 0.154. The summed E-state index contributed by atoms with van der Waals surface area (Å²) in [6, 6.07) is 24.5. The molecule has 0 radical (unpaired) electrons. The number of pyridine rings is 1. The summed E-state index contributed by atoms with van der Waals surface area (Å²) in [5, 5.41) is 2.68. The van der Waals surface area contributed by atoms with Crippen LogP contribution in [-0.4, -0.2) is 41.3 Å². The molecular formula is C26H21ClN4O2. The van der Waals surface area contributed by atoms with Crippen molar-refractivity contribution in [3.05, 3.63) is 77.8 Å². The Morgan fingerprint density at radius 3 is 2.55 bits per heavy atom. The van der Waals surface area contributed by atoms with Crippen LogP contribution in [0.2, 0.25) is 5.02 Å². The molecule has 0 amide bonds. The van der Waals surface area contributed by atoms with E-state index in [1.807, 2.05) is 48.5 Å². The molecular weight excluding hydrogens is 436 g/mol. The number of halogens is 1. The molecule has 0 bridgehead atoms. The lowest BCUT2D eigenvalue weighted by molar-refractivity contribution is 0.122. The molecule has 0 unspecified atom stereocenters. The zero-order valence-corrected chi connectivity index (χ0v) is 18.5. The maximum atomic E-state index is 6.60. The van der Waals surface area contributed by atoms with Crippen LogP contribution in [0.5, 0.6) is 11.8 Å². The van der Waals surface area contributed by atoms with E-state index >= 15 is 0 Å². The van der Waals surface area contributed by atoms with Crippen LogP contribution >= 0.6 is 11.6 Å². The minimum Gasteiger partial charge on any atom is -0.425 e.